The molecule has 4 heteroatoms. The van der Waals surface area contributed by atoms with Gasteiger partial charge in [-0.25, -0.2) is 4.39 Å². The molecule has 0 radical (unpaired) electrons. The molecular formula is C27H25FN2O. The Morgan fingerprint density at radius 1 is 0.806 bits per heavy atom. The van der Waals surface area contributed by atoms with Crippen molar-refractivity contribution in [1.82, 2.24) is 9.47 Å². The number of rotatable bonds is 5. The van der Waals surface area contributed by atoms with E-state index in [1.807, 2.05) is 54.6 Å². The van der Waals surface area contributed by atoms with Crippen molar-refractivity contribution in [2.45, 2.75) is 25.6 Å². The fourth-order valence-corrected chi connectivity index (χ4v) is 4.43. The summed E-state index contributed by atoms with van der Waals surface area (Å²) in [7, 11) is 0. The summed E-state index contributed by atoms with van der Waals surface area (Å²) in [5.74, 6) is 1.47. The van der Waals surface area contributed by atoms with E-state index < -0.39 is 0 Å². The second kappa shape index (κ2) is 8.78. The Morgan fingerprint density at radius 2 is 1.61 bits per heavy atom. The SMILES string of the molecule is Fc1ccccc1C1c2cccn2CCCN1Cc1cccc(Oc2ccccc2)c1. The molecular weight excluding hydrogens is 387 g/mol. The molecule has 1 unspecified atom stereocenters. The number of nitrogens with zero attached hydrogens (tertiary/aromatic N) is 2. The molecule has 1 atom stereocenters. The fraction of sp³-hybridized carbons (Fsp3) is 0.185. The van der Waals surface area contributed by atoms with Crippen molar-refractivity contribution in [2.24, 2.45) is 0 Å². The molecule has 0 saturated heterocycles. The van der Waals surface area contributed by atoms with Crippen molar-refractivity contribution in [1.29, 1.82) is 0 Å². The van der Waals surface area contributed by atoms with Gasteiger partial charge < -0.3 is 9.30 Å². The molecule has 0 amide bonds. The van der Waals surface area contributed by atoms with Crippen LogP contribution in [0.3, 0.4) is 0 Å². The summed E-state index contributed by atoms with van der Waals surface area (Å²) in [4.78, 5) is 2.37. The highest BCUT2D eigenvalue weighted by atomic mass is 19.1. The molecule has 3 nitrogen and oxygen atoms in total. The van der Waals surface area contributed by atoms with Crippen LogP contribution in [0.5, 0.6) is 11.5 Å². The van der Waals surface area contributed by atoms with Gasteiger partial charge in [-0.3, -0.25) is 4.90 Å². The predicted octanol–water partition coefficient (Wildman–Crippen LogP) is 6.41. The molecule has 0 aliphatic carbocycles. The molecule has 2 heterocycles. The van der Waals surface area contributed by atoms with Crippen LogP contribution in [0, 0.1) is 5.82 Å². The van der Waals surface area contributed by atoms with Crippen LogP contribution in [0.4, 0.5) is 4.39 Å². The van der Waals surface area contributed by atoms with Gasteiger partial charge in [0.15, 0.2) is 0 Å². The van der Waals surface area contributed by atoms with Gasteiger partial charge in [0.25, 0.3) is 0 Å². The third-order valence-electron chi connectivity index (χ3n) is 5.82. The van der Waals surface area contributed by atoms with Crippen LogP contribution in [0.15, 0.2) is 97.2 Å². The maximum Gasteiger partial charge on any atom is 0.128 e. The number of para-hydroxylation sites is 1. The zero-order chi connectivity index (χ0) is 21.0. The lowest BCUT2D eigenvalue weighted by atomic mass is 10.0. The zero-order valence-corrected chi connectivity index (χ0v) is 17.3. The maximum absolute atomic E-state index is 14.9. The van der Waals surface area contributed by atoms with E-state index in [2.05, 4.69) is 39.9 Å². The molecule has 0 N–H and O–H groups in total. The lowest BCUT2D eigenvalue weighted by molar-refractivity contribution is 0.216. The number of hydrogen-bond donors (Lipinski definition) is 0. The Hall–Kier alpha value is -3.37. The number of aryl methyl sites for hydroxylation is 1. The lowest BCUT2D eigenvalue weighted by Crippen LogP contribution is -2.30. The van der Waals surface area contributed by atoms with Gasteiger partial charge in [0.1, 0.15) is 17.3 Å². The van der Waals surface area contributed by atoms with Gasteiger partial charge in [0.05, 0.1) is 6.04 Å². The van der Waals surface area contributed by atoms with E-state index in [4.69, 9.17) is 4.74 Å². The Kier molecular flexibility index (Phi) is 5.55. The minimum absolute atomic E-state index is 0.127. The first kappa shape index (κ1) is 19.6. The standard InChI is InChI=1S/C27H25FN2O/c28-25-14-5-4-13-24(25)27-26-15-7-16-29(26)17-8-18-30(27)20-21-9-6-12-23(19-21)31-22-10-2-1-3-11-22/h1-7,9-16,19,27H,8,17-18,20H2. The summed E-state index contributed by atoms with van der Waals surface area (Å²) in [6.45, 7) is 2.56. The topological polar surface area (TPSA) is 17.4 Å². The third-order valence-corrected chi connectivity index (χ3v) is 5.82. The Balaban J connectivity index is 1.46. The maximum atomic E-state index is 14.9. The molecule has 1 aliphatic heterocycles. The van der Waals surface area contributed by atoms with Crippen molar-refractivity contribution >= 4 is 0 Å². The highest BCUT2D eigenvalue weighted by molar-refractivity contribution is 5.35. The fourth-order valence-electron chi connectivity index (χ4n) is 4.43. The van der Waals surface area contributed by atoms with Crippen LogP contribution in [0.2, 0.25) is 0 Å². The number of hydrogen-bond acceptors (Lipinski definition) is 2. The Bertz CT molecular complexity index is 1150. The molecule has 0 fully saturated rings. The molecule has 31 heavy (non-hydrogen) atoms. The van der Waals surface area contributed by atoms with E-state index in [1.54, 1.807) is 12.1 Å². The summed E-state index contributed by atoms with van der Waals surface area (Å²) in [6, 6.07) is 29.2. The second-order valence-corrected chi connectivity index (χ2v) is 7.94. The minimum Gasteiger partial charge on any atom is -0.457 e. The first-order chi connectivity index (χ1) is 15.3. The molecule has 5 rings (SSSR count). The minimum atomic E-state index is -0.159. The monoisotopic (exact) mass is 412 g/mol. The van der Waals surface area contributed by atoms with Crippen molar-refractivity contribution in [3.8, 4) is 11.5 Å². The molecule has 156 valence electrons. The van der Waals surface area contributed by atoms with Crippen LogP contribution in [0.25, 0.3) is 0 Å². The van der Waals surface area contributed by atoms with Crippen molar-refractivity contribution < 1.29 is 9.13 Å². The Morgan fingerprint density at radius 3 is 2.48 bits per heavy atom. The number of fused-ring (bicyclic) bond motifs is 1. The average Bonchev–Trinajstić information content (AvgIpc) is 3.17. The van der Waals surface area contributed by atoms with Gasteiger partial charge in [0.2, 0.25) is 0 Å². The van der Waals surface area contributed by atoms with E-state index in [0.717, 1.165) is 54.4 Å². The van der Waals surface area contributed by atoms with Gasteiger partial charge in [-0.15, -0.1) is 0 Å². The van der Waals surface area contributed by atoms with E-state index in [-0.39, 0.29) is 11.9 Å². The second-order valence-electron chi connectivity index (χ2n) is 7.94. The highest BCUT2D eigenvalue weighted by Crippen LogP contribution is 2.34. The molecule has 1 aromatic heterocycles. The van der Waals surface area contributed by atoms with Crippen molar-refractivity contribution in [3.63, 3.8) is 0 Å². The van der Waals surface area contributed by atoms with Crippen molar-refractivity contribution in [3.05, 3.63) is 120 Å². The average molecular weight is 413 g/mol. The summed E-state index contributed by atoms with van der Waals surface area (Å²) < 4.78 is 23.2. The smallest absolute Gasteiger partial charge is 0.128 e. The number of aromatic nitrogens is 1. The predicted molar refractivity (Wildman–Crippen MR) is 121 cm³/mol. The van der Waals surface area contributed by atoms with E-state index >= 15 is 0 Å². The number of ether oxygens (including phenoxy) is 1. The Labute approximate surface area is 182 Å². The number of halogens is 1. The molecule has 1 aliphatic rings. The summed E-state index contributed by atoms with van der Waals surface area (Å²) in [6.07, 6.45) is 3.12. The summed E-state index contributed by atoms with van der Waals surface area (Å²) in [5.41, 5.74) is 3.01. The summed E-state index contributed by atoms with van der Waals surface area (Å²) in [5, 5.41) is 0. The zero-order valence-electron chi connectivity index (χ0n) is 17.3. The van der Waals surface area contributed by atoms with E-state index in [0.29, 0.717) is 0 Å². The molecule has 0 bridgehead atoms. The van der Waals surface area contributed by atoms with Crippen LogP contribution in [0.1, 0.15) is 29.3 Å². The molecule has 0 saturated carbocycles. The quantitative estimate of drug-likeness (QED) is 0.377. The first-order valence-electron chi connectivity index (χ1n) is 10.7. The van der Waals surface area contributed by atoms with Crippen LogP contribution in [-0.4, -0.2) is 16.0 Å². The van der Waals surface area contributed by atoms with Crippen molar-refractivity contribution in [2.75, 3.05) is 6.54 Å². The number of benzene rings is 3. The molecule has 3 aromatic carbocycles. The normalized spacial score (nSPS) is 16.5. The lowest BCUT2D eigenvalue weighted by Gasteiger charge is -2.31. The molecule has 0 spiro atoms. The van der Waals surface area contributed by atoms with E-state index in [1.165, 1.54) is 0 Å². The summed E-state index contributed by atoms with van der Waals surface area (Å²) >= 11 is 0. The van der Waals surface area contributed by atoms with Gasteiger partial charge in [-0.2, -0.15) is 0 Å². The van der Waals surface area contributed by atoms with Gasteiger partial charge in [-0.1, -0.05) is 48.5 Å². The van der Waals surface area contributed by atoms with E-state index in [9.17, 15) is 4.39 Å². The largest absolute Gasteiger partial charge is 0.457 e. The highest BCUT2D eigenvalue weighted by Gasteiger charge is 2.29. The third kappa shape index (κ3) is 4.25. The van der Waals surface area contributed by atoms with Gasteiger partial charge in [-0.05, 0) is 54.4 Å². The van der Waals surface area contributed by atoms with Gasteiger partial charge >= 0.3 is 0 Å². The van der Waals surface area contributed by atoms with Crippen LogP contribution < -0.4 is 4.74 Å². The van der Waals surface area contributed by atoms with Crippen LogP contribution >= 0.6 is 0 Å². The first-order valence-corrected chi connectivity index (χ1v) is 10.7. The van der Waals surface area contributed by atoms with Crippen LogP contribution in [-0.2, 0) is 13.1 Å². The molecule has 4 aromatic rings. The van der Waals surface area contributed by atoms with Gasteiger partial charge in [0, 0.05) is 37.1 Å².